The first-order valence-electron chi connectivity index (χ1n) is 8.31. The van der Waals surface area contributed by atoms with Crippen molar-refractivity contribution < 1.29 is 4.79 Å². The van der Waals surface area contributed by atoms with Gasteiger partial charge in [-0.15, -0.1) is 5.10 Å². The number of hydrogen-bond acceptors (Lipinski definition) is 3. The molecular formula is C18H25N3O. The van der Waals surface area contributed by atoms with Gasteiger partial charge in [0.1, 0.15) is 5.52 Å². The molecule has 0 amide bonds. The summed E-state index contributed by atoms with van der Waals surface area (Å²) in [5, 5.41) is 7.94. The Balaban J connectivity index is 1.70. The van der Waals surface area contributed by atoms with E-state index in [4.69, 9.17) is 0 Å². The molecule has 4 heteroatoms. The SMILES string of the molecule is CCCCCCCC/C=C/CC(=O)n1nnc2ccccc21. The number of carbonyl (C=O) groups is 1. The summed E-state index contributed by atoms with van der Waals surface area (Å²) in [4.78, 5) is 12.1. The molecule has 1 aromatic heterocycles. The lowest BCUT2D eigenvalue weighted by Gasteiger charge is -1.98. The maximum Gasteiger partial charge on any atom is 0.252 e. The maximum atomic E-state index is 12.1. The Kier molecular flexibility index (Phi) is 6.81. The van der Waals surface area contributed by atoms with Crippen molar-refractivity contribution in [3.05, 3.63) is 36.4 Å². The number of unbranched alkanes of at least 4 members (excludes halogenated alkanes) is 6. The Morgan fingerprint density at radius 3 is 2.73 bits per heavy atom. The second kappa shape index (κ2) is 9.13. The average molecular weight is 299 g/mol. The molecule has 4 nitrogen and oxygen atoms in total. The number of benzene rings is 1. The lowest BCUT2D eigenvalue weighted by Crippen LogP contribution is -2.10. The molecule has 0 unspecified atom stereocenters. The third kappa shape index (κ3) is 4.79. The monoisotopic (exact) mass is 299 g/mol. The van der Waals surface area contributed by atoms with Crippen molar-refractivity contribution in [3.63, 3.8) is 0 Å². The van der Waals surface area contributed by atoms with Gasteiger partial charge < -0.3 is 0 Å². The third-order valence-electron chi connectivity index (χ3n) is 3.77. The average Bonchev–Trinajstić information content (AvgIpc) is 2.97. The normalized spacial score (nSPS) is 11.5. The van der Waals surface area contributed by atoms with Gasteiger partial charge in [0.05, 0.1) is 5.52 Å². The topological polar surface area (TPSA) is 47.8 Å². The van der Waals surface area contributed by atoms with E-state index in [0.29, 0.717) is 6.42 Å². The van der Waals surface area contributed by atoms with Crippen LogP contribution >= 0.6 is 0 Å². The quantitative estimate of drug-likeness (QED) is 0.495. The fourth-order valence-electron chi connectivity index (χ4n) is 2.48. The summed E-state index contributed by atoms with van der Waals surface area (Å²) >= 11 is 0. The molecule has 1 heterocycles. The van der Waals surface area contributed by atoms with Crippen LogP contribution in [0.4, 0.5) is 0 Å². The minimum atomic E-state index is -0.0344. The first-order valence-corrected chi connectivity index (χ1v) is 8.31. The Morgan fingerprint density at radius 2 is 1.86 bits per heavy atom. The molecule has 2 rings (SSSR count). The molecule has 0 N–H and O–H groups in total. The van der Waals surface area contributed by atoms with Crippen LogP contribution in [-0.4, -0.2) is 20.9 Å². The molecule has 22 heavy (non-hydrogen) atoms. The summed E-state index contributed by atoms with van der Waals surface area (Å²) < 4.78 is 1.39. The van der Waals surface area contributed by atoms with Gasteiger partial charge in [-0.1, -0.05) is 68.5 Å². The number of para-hydroxylation sites is 1. The van der Waals surface area contributed by atoms with E-state index in [1.165, 1.54) is 43.2 Å². The van der Waals surface area contributed by atoms with Crippen LogP contribution in [0.25, 0.3) is 11.0 Å². The zero-order valence-corrected chi connectivity index (χ0v) is 13.4. The van der Waals surface area contributed by atoms with Gasteiger partial charge in [0.2, 0.25) is 0 Å². The van der Waals surface area contributed by atoms with Crippen molar-refractivity contribution in [2.75, 3.05) is 0 Å². The van der Waals surface area contributed by atoms with Crippen LogP contribution < -0.4 is 0 Å². The number of rotatable bonds is 9. The Bertz CT molecular complexity index is 616. The summed E-state index contributed by atoms with van der Waals surface area (Å²) in [6.45, 7) is 2.23. The van der Waals surface area contributed by atoms with E-state index in [9.17, 15) is 4.79 Å². The van der Waals surface area contributed by atoms with Gasteiger partial charge in [0.25, 0.3) is 5.91 Å². The minimum Gasteiger partial charge on any atom is -0.272 e. The molecule has 0 aliphatic heterocycles. The summed E-state index contributed by atoms with van der Waals surface area (Å²) in [6, 6.07) is 7.52. The predicted octanol–water partition coefficient (Wildman–Crippen LogP) is 4.77. The van der Waals surface area contributed by atoms with Crippen molar-refractivity contribution in [2.24, 2.45) is 0 Å². The summed E-state index contributed by atoms with van der Waals surface area (Å²) in [7, 11) is 0. The molecule has 0 fully saturated rings. The summed E-state index contributed by atoms with van der Waals surface area (Å²) in [5.74, 6) is -0.0344. The fraction of sp³-hybridized carbons (Fsp3) is 0.500. The van der Waals surface area contributed by atoms with Gasteiger partial charge in [-0.05, 0) is 25.0 Å². The van der Waals surface area contributed by atoms with E-state index in [1.54, 1.807) is 0 Å². The number of hydrogen-bond donors (Lipinski definition) is 0. The van der Waals surface area contributed by atoms with Gasteiger partial charge >= 0.3 is 0 Å². The van der Waals surface area contributed by atoms with Crippen LogP contribution in [0.5, 0.6) is 0 Å². The van der Waals surface area contributed by atoms with Crippen molar-refractivity contribution >= 4 is 16.9 Å². The smallest absolute Gasteiger partial charge is 0.252 e. The van der Waals surface area contributed by atoms with Crippen molar-refractivity contribution in [3.8, 4) is 0 Å². The first kappa shape index (κ1) is 16.4. The summed E-state index contributed by atoms with van der Waals surface area (Å²) in [6.07, 6.45) is 13.3. The van der Waals surface area contributed by atoms with Crippen LogP contribution in [0.1, 0.15) is 63.1 Å². The van der Waals surface area contributed by atoms with Gasteiger partial charge in [-0.25, -0.2) is 0 Å². The van der Waals surface area contributed by atoms with E-state index in [2.05, 4.69) is 23.3 Å². The van der Waals surface area contributed by atoms with Crippen LogP contribution in [0.2, 0.25) is 0 Å². The van der Waals surface area contributed by atoms with Crippen LogP contribution in [0.3, 0.4) is 0 Å². The molecule has 1 aromatic carbocycles. The molecule has 0 aliphatic rings. The lowest BCUT2D eigenvalue weighted by atomic mass is 10.1. The fourth-order valence-corrected chi connectivity index (χ4v) is 2.48. The van der Waals surface area contributed by atoms with Crippen LogP contribution in [-0.2, 0) is 0 Å². The van der Waals surface area contributed by atoms with Gasteiger partial charge in [-0.2, -0.15) is 4.68 Å². The van der Waals surface area contributed by atoms with Crippen LogP contribution in [0.15, 0.2) is 36.4 Å². The number of allylic oxidation sites excluding steroid dienone is 2. The molecule has 0 saturated carbocycles. The number of nitrogens with zero attached hydrogens (tertiary/aromatic N) is 3. The maximum absolute atomic E-state index is 12.1. The summed E-state index contributed by atoms with van der Waals surface area (Å²) in [5.41, 5.74) is 1.53. The number of fused-ring (bicyclic) bond motifs is 1. The molecule has 0 bridgehead atoms. The molecule has 118 valence electrons. The highest BCUT2D eigenvalue weighted by molar-refractivity contribution is 5.89. The molecule has 0 aliphatic carbocycles. The largest absolute Gasteiger partial charge is 0.272 e. The van der Waals surface area contributed by atoms with Crippen molar-refractivity contribution in [1.29, 1.82) is 0 Å². The highest BCUT2D eigenvalue weighted by atomic mass is 16.2. The first-order chi connectivity index (χ1) is 10.8. The van der Waals surface area contributed by atoms with E-state index < -0.39 is 0 Å². The highest BCUT2D eigenvalue weighted by Gasteiger charge is 2.09. The standard InChI is InChI=1S/C18H25N3O/c1-2-3-4-5-6-7-8-9-10-15-18(22)21-17-14-12-11-13-16(17)19-20-21/h9-14H,2-8,15H2,1H3/b10-9+. The van der Waals surface area contributed by atoms with Gasteiger partial charge in [0, 0.05) is 6.42 Å². The zero-order chi connectivity index (χ0) is 15.6. The van der Waals surface area contributed by atoms with E-state index in [-0.39, 0.29) is 5.91 Å². The minimum absolute atomic E-state index is 0.0344. The molecule has 0 radical (unpaired) electrons. The number of carbonyl (C=O) groups excluding carboxylic acids is 1. The second-order valence-electron chi connectivity index (χ2n) is 5.62. The van der Waals surface area contributed by atoms with Gasteiger partial charge in [-0.3, -0.25) is 4.79 Å². The zero-order valence-electron chi connectivity index (χ0n) is 13.4. The van der Waals surface area contributed by atoms with E-state index in [1.807, 2.05) is 30.3 Å². The molecular weight excluding hydrogens is 274 g/mol. The lowest BCUT2D eigenvalue weighted by molar-refractivity contribution is 0.0905. The molecule has 0 atom stereocenters. The Hall–Kier alpha value is -1.97. The second-order valence-corrected chi connectivity index (χ2v) is 5.62. The van der Waals surface area contributed by atoms with Crippen LogP contribution in [0, 0.1) is 0 Å². The molecule has 2 aromatic rings. The van der Waals surface area contributed by atoms with Crippen molar-refractivity contribution in [2.45, 2.75) is 58.3 Å². The molecule has 0 spiro atoms. The third-order valence-corrected chi connectivity index (χ3v) is 3.77. The van der Waals surface area contributed by atoms with E-state index >= 15 is 0 Å². The number of aromatic nitrogens is 3. The Labute approximate surface area is 132 Å². The Morgan fingerprint density at radius 1 is 1.09 bits per heavy atom. The highest BCUT2D eigenvalue weighted by Crippen LogP contribution is 2.11. The predicted molar refractivity (Wildman–Crippen MR) is 89.9 cm³/mol. The van der Waals surface area contributed by atoms with Gasteiger partial charge in [0.15, 0.2) is 0 Å². The van der Waals surface area contributed by atoms with E-state index in [0.717, 1.165) is 17.5 Å². The van der Waals surface area contributed by atoms with Crippen molar-refractivity contribution in [1.82, 2.24) is 15.0 Å². The molecule has 0 saturated heterocycles.